The van der Waals surface area contributed by atoms with Crippen molar-refractivity contribution in [1.82, 2.24) is 9.29 Å². The van der Waals surface area contributed by atoms with Gasteiger partial charge in [0.15, 0.2) is 5.69 Å². The van der Waals surface area contributed by atoms with Gasteiger partial charge in [-0.1, -0.05) is 0 Å². The highest BCUT2D eigenvalue weighted by atomic mass is 32.2. The molecule has 1 atom stereocenters. The lowest BCUT2D eigenvalue weighted by Gasteiger charge is -2.19. The quantitative estimate of drug-likeness (QED) is 0.771. The summed E-state index contributed by atoms with van der Waals surface area (Å²) in [6.07, 6.45) is -4.53. The van der Waals surface area contributed by atoms with Gasteiger partial charge in [0.2, 0.25) is 10.0 Å². The zero-order chi connectivity index (χ0) is 15.8. The third-order valence-electron chi connectivity index (χ3n) is 2.96. The molecular formula is C10H11F3N2O4S2. The van der Waals surface area contributed by atoms with Crippen LogP contribution in [0.15, 0.2) is 5.38 Å². The second-order valence-electron chi connectivity index (χ2n) is 4.31. The first-order valence-electron chi connectivity index (χ1n) is 5.74. The highest BCUT2D eigenvalue weighted by Gasteiger charge is 2.43. The molecule has 118 valence electrons. The molecule has 2 rings (SSSR count). The van der Waals surface area contributed by atoms with Crippen LogP contribution < -0.4 is 0 Å². The number of thiazole rings is 1. The van der Waals surface area contributed by atoms with E-state index in [1.54, 1.807) is 0 Å². The van der Waals surface area contributed by atoms with Gasteiger partial charge in [-0.3, -0.25) is 4.79 Å². The third kappa shape index (κ3) is 3.35. The van der Waals surface area contributed by atoms with Crippen LogP contribution in [0.5, 0.6) is 0 Å². The van der Waals surface area contributed by atoms with Gasteiger partial charge in [-0.25, -0.2) is 13.4 Å². The highest BCUT2D eigenvalue weighted by Crippen LogP contribution is 2.32. The molecule has 2 heterocycles. The van der Waals surface area contributed by atoms with Gasteiger partial charge in [0, 0.05) is 5.38 Å². The van der Waals surface area contributed by atoms with E-state index in [1.807, 2.05) is 0 Å². The molecule has 1 aromatic heterocycles. The number of esters is 1. The van der Waals surface area contributed by atoms with Crippen molar-refractivity contribution >= 4 is 27.3 Å². The lowest BCUT2D eigenvalue weighted by molar-refractivity contribution is -0.145. The normalized spacial score (nSPS) is 22.4. The Balaban J connectivity index is 2.23. The molecule has 0 saturated carbocycles. The molecule has 21 heavy (non-hydrogen) atoms. The van der Waals surface area contributed by atoms with E-state index in [9.17, 15) is 26.4 Å². The van der Waals surface area contributed by atoms with Crippen molar-refractivity contribution in [1.29, 1.82) is 0 Å². The molecule has 1 unspecified atom stereocenters. The first-order valence-corrected chi connectivity index (χ1v) is 8.23. The summed E-state index contributed by atoms with van der Waals surface area (Å²) in [5, 5.41) is 0.784. The average molecular weight is 344 g/mol. The highest BCUT2D eigenvalue weighted by molar-refractivity contribution is 7.89. The van der Waals surface area contributed by atoms with E-state index in [-0.39, 0.29) is 23.7 Å². The van der Waals surface area contributed by atoms with E-state index in [4.69, 9.17) is 0 Å². The molecular weight excluding hydrogens is 333 g/mol. The minimum absolute atomic E-state index is 0.0262. The first-order chi connectivity index (χ1) is 9.65. The van der Waals surface area contributed by atoms with Crippen molar-refractivity contribution in [3.8, 4) is 0 Å². The van der Waals surface area contributed by atoms with Crippen LogP contribution in [0.25, 0.3) is 0 Å². The molecule has 0 bridgehead atoms. The predicted octanol–water partition coefficient (Wildman–Crippen LogP) is 1.24. The van der Waals surface area contributed by atoms with E-state index >= 15 is 0 Å². The third-order valence-corrected chi connectivity index (χ3v) is 5.64. The van der Waals surface area contributed by atoms with Crippen LogP contribution in [0.3, 0.4) is 0 Å². The molecule has 1 aliphatic rings. The number of ether oxygens (including phenoxy) is 1. The standard InChI is InChI=1S/C10H11F3N2O4S2/c1-19-9(16)6-2-3-21(17,18)15(6)4-8-14-7(5-20-8)10(11,12)13/h5-6H,2-4H2,1H3. The molecule has 1 aromatic rings. The summed E-state index contributed by atoms with van der Waals surface area (Å²) < 4.78 is 66.5. The molecule has 0 N–H and O–H groups in total. The van der Waals surface area contributed by atoms with Gasteiger partial charge >= 0.3 is 12.1 Å². The van der Waals surface area contributed by atoms with Crippen LogP contribution in [0, 0.1) is 0 Å². The van der Waals surface area contributed by atoms with Crippen molar-refractivity contribution in [3.05, 3.63) is 16.1 Å². The number of aromatic nitrogens is 1. The zero-order valence-corrected chi connectivity index (χ0v) is 12.4. The number of nitrogens with zero attached hydrogens (tertiary/aromatic N) is 2. The second-order valence-corrected chi connectivity index (χ2v) is 7.30. The summed E-state index contributed by atoms with van der Waals surface area (Å²) in [6.45, 7) is -0.372. The molecule has 1 fully saturated rings. The topological polar surface area (TPSA) is 76.6 Å². The van der Waals surface area contributed by atoms with Gasteiger partial charge in [0.25, 0.3) is 0 Å². The number of sulfonamides is 1. The molecule has 0 amide bonds. The maximum atomic E-state index is 12.5. The van der Waals surface area contributed by atoms with Gasteiger partial charge in [-0.05, 0) is 6.42 Å². The van der Waals surface area contributed by atoms with Crippen LogP contribution in [0.4, 0.5) is 13.2 Å². The maximum Gasteiger partial charge on any atom is 0.434 e. The summed E-state index contributed by atoms with van der Waals surface area (Å²) in [6, 6.07) is -1.02. The molecule has 1 saturated heterocycles. The van der Waals surface area contributed by atoms with Crippen LogP contribution >= 0.6 is 11.3 Å². The lowest BCUT2D eigenvalue weighted by Crippen LogP contribution is -2.38. The molecule has 0 aliphatic carbocycles. The van der Waals surface area contributed by atoms with Crippen LogP contribution in [0.2, 0.25) is 0 Å². The Bertz CT molecular complexity index is 641. The van der Waals surface area contributed by atoms with E-state index in [1.165, 1.54) is 0 Å². The van der Waals surface area contributed by atoms with Crippen molar-refractivity contribution < 1.29 is 31.1 Å². The Kier molecular flexibility index (Phi) is 4.26. The smallest absolute Gasteiger partial charge is 0.434 e. The van der Waals surface area contributed by atoms with Crippen LogP contribution in [-0.2, 0) is 32.3 Å². The summed E-state index contributed by atoms with van der Waals surface area (Å²) in [5.74, 6) is -0.978. The van der Waals surface area contributed by atoms with Crippen molar-refractivity contribution in [2.75, 3.05) is 12.9 Å². The molecule has 0 aromatic carbocycles. The number of hydrogen-bond donors (Lipinski definition) is 0. The van der Waals surface area contributed by atoms with Gasteiger partial charge in [-0.15, -0.1) is 11.3 Å². The summed E-state index contributed by atoms with van der Waals surface area (Å²) >= 11 is 0.696. The molecule has 1 aliphatic heterocycles. The monoisotopic (exact) mass is 344 g/mol. The number of methoxy groups -OCH3 is 1. The number of hydrogen-bond acceptors (Lipinski definition) is 6. The molecule has 0 radical (unpaired) electrons. The Morgan fingerprint density at radius 1 is 1.57 bits per heavy atom. The fourth-order valence-electron chi connectivity index (χ4n) is 1.94. The van der Waals surface area contributed by atoms with Crippen molar-refractivity contribution in [3.63, 3.8) is 0 Å². The Hall–Kier alpha value is -1.20. The Labute approximate surface area is 122 Å². The molecule has 6 nitrogen and oxygen atoms in total. The zero-order valence-electron chi connectivity index (χ0n) is 10.8. The van der Waals surface area contributed by atoms with E-state index in [0.717, 1.165) is 16.8 Å². The van der Waals surface area contributed by atoms with Gasteiger partial charge in [0.05, 0.1) is 19.4 Å². The van der Waals surface area contributed by atoms with E-state index in [0.29, 0.717) is 11.3 Å². The van der Waals surface area contributed by atoms with Gasteiger partial charge in [0.1, 0.15) is 11.0 Å². The number of alkyl halides is 3. The summed E-state index contributed by atoms with van der Waals surface area (Å²) in [5.41, 5.74) is -1.08. The molecule has 11 heteroatoms. The van der Waals surface area contributed by atoms with Crippen LogP contribution in [0.1, 0.15) is 17.1 Å². The maximum absolute atomic E-state index is 12.5. The SMILES string of the molecule is COC(=O)C1CCS(=O)(=O)N1Cc1nc(C(F)(F)F)cs1. The Morgan fingerprint density at radius 3 is 2.76 bits per heavy atom. The van der Waals surface area contributed by atoms with Crippen LogP contribution in [-0.4, -0.2) is 42.6 Å². The average Bonchev–Trinajstić information content (AvgIpc) is 2.95. The van der Waals surface area contributed by atoms with Gasteiger partial charge < -0.3 is 4.74 Å². The first kappa shape index (κ1) is 16.2. The minimum atomic E-state index is -4.58. The van der Waals surface area contributed by atoms with Crippen molar-refractivity contribution in [2.45, 2.75) is 25.2 Å². The largest absolute Gasteiger partial charge is 0.468 e. The van der Waals surface area contributed by atoms with E-state index < -0.39 is 33.9 Å². The van der Waals surface area contributed by atoms with Crippen molar-refractivity contribution in [2.24, 2.45) is 0 Å². The lowest BCUT2D eigenvalue weighted by atomic mass is 10.2. The predicted molar refractivity (Wildman–Crippen MR) is 66.9 cm³/mol. The number of carbonyl (C=O) groups excluding carboxylic acids is 1. The van der Waals surface area contributed by atoms with E-state index in [2.05, 4.69) is 9.72 Å². The summed E-state index contributed by atoms with van der Waals surface area (Å²) in [4.78, 5) is 14.9. The summed E-state index contributed by atoms with van der Waals surface area (Å²) in [7, 11) is -2.58. The van der Waals surface area contributed by atoms with Gasteiger partial charge in [-0.2, -0.15) is 17.5 Å². The number of halogens is 3. The fourth-order valence-corrected chi connectivity index (χ4v) is 4.48. The number of rotatable bonds is 3. The minimum Gasteiger partial charge on any atom is -0.468 e. The fraction of sp³-hybridized carbons (Fsp3) is 0.600. The molecule has 0 spiro atoms. The second kappa shape index (κ2) is 5.54. The number of carbonyl (C=O) groups is 1. The Morgan fingerprint density at radius 2 is 2.24 bits per heavy atom.